The van der Waals surface area contributed by atoms with Crippen LogP contribution in [0.5, 0.6) is 0 Å². The Morgan fingerprint density at radius 1 is 0.906 bits per heavy atom. The molecule has 0 aromatic heterocycles. The molecule has 1 N–H and O–H groups in total. The number of halogens is 2. The van der Waals surface area contributed by atoms with Crippen LogP contribution in [0.25, 0.3) is 0 Å². The second kappa shape index (κ2) is 9.38. The molecule has 1 saturated heterocycles. The number of carbonyl (C=O) groups is 1. The number of hydrogen-bond acceptors (Lipinski definition) is 2. The van der Waals surface area contributed by atoms with E-state index in [0.717, 1.165) is 38.6 Å². The summed E-state index contributed by atoms with van der Waals surface area (Å²) in [5.41, 5.74) is 1.76. The van der Waals surface area contributed by atoms with Crippen molar-refractivity contribution in [3.63, 3.8) is 0 Å². The average molecular weight is 558 g/mol. The van der Waals surface area contributed by atoms with Gasteiger partial charge in [-0.3, -0.25) is 9.80 Å². The van der Waals surface area contributed by atoms with Gasteiger partial charge < -0.3 is 5.11 Å². The van der Waals surface area contributed by atoms with E-state index in [0.29, 0.717) is 12.1 Å². The van der Waals surface area contributed by atoms with Crippen molar-refractivity contribution < 1.29 is 9.90 Å². The van der Waals surface area contributed by atoms with Gasteiger partial charge in [-0.1, -0.05) is 76.4 Å². The van der Waals surface area contributed by atoms with Gasteiger partial charge in [0.25, 0.3) is 0 Å². The Morgan fingerprint density at radius 2 is 1.50 bits per heavy atom. The Bertz CT molecular complexity index is 1100. The summed E-state index contributed by atoms with van der Waals surface area (Å²) in [6.45, 7) is 4.17. The first-order valence-corrected chi connectivity index (χ1v) is 12.4. The summed E-state index contributed by atoms with van der Waals surface area (Å²) in [5, 5.41) is 12.5. The third-order valence-corrected chi connectivity index (χ3v) is 7.08. The molecule has 4 nitrogen and oxygen atoms in total. The maximum Gasteiger partial charge on any atom is 0.332 e. The van der Waals surface area contributed by atoms with Crippen molar-refractivity contribution in [1.82, 2.24) is 0 Å². The van der Waals surface area contributed by atoms with Crippen LogP contribution in [0.2, 0.25) is 0 Å². The minimum absolute atomic E-state index is 0.238. The van der Waals surface area contributed by atoms with Crippen molar-refractivity contribution in [3.8, 4) is 0 Å². The monoisotopic (exact) mass is 556 g/mol. The van der Waals surface area contributed by atoms with E-state index in [4.69, 9.17) is 0 Å². The van der Waals surface area contributed by atoms with Crippen LogP contribution in [-0.2, 0) is 12.1 Å². The zero-order valence-corrected chi connectivity index (χ0v) is 21.3. The molecule has 1 heterocycles. The Morgan fingerprint density at radius 3 is 2.06 bits per heavy atom. The maximum atomic E-state index is 14.0. The number of rotatable bonds is 6. The molecule has 166 valence electrons. The fourth-order valence-corrected chi connectivity index (χ4v) is 4.98. The van der Waals surface area contributed by atoms with Crippen LogP contribution in [0.3, 0.4) is 0 Å². The van der Waals surface area contributed by atoms with E-state index in [1.807, 2.05) is 66.7 Å². The minimum atomic E-state index is -1.51. The van der Waals surface area contributed by atoms with E-state index < -0.39 is 11.8 Å². The molecule has 2 unspecified atom stereocenters. The van der Waals surface area contributed by atoms with Crippen molar-refractivity contribution in [2.24, 2.45) is 0 Å². The molecule has 4 rings (SSSR count). The van der Waals surface area contributed by atoms with Gasteiger partial charge >= 0.3 is 6.03 Å². The summed E-state index contributed by atoms with van der Waals surface area (Å²) >= 11 is 6.95. The van der Waals surface area contributed by atoms with Crippen LogP contribution >= 0.6 is 31.9 Å². The summed E-state index contributed by atoms with van der Waals surface area (Å²) in [5.74, 6) is 0. The highest BCUT2D eigenvalue weighted by atomic mass is 79.9. The van der Waals surface area contributed by atoms with Gasteiger partial charge in [-0.05, 0) is 66.9 Å². The molecule has 0 aliphatic carbocycles. The lowest BCUT2D eigenvalue weighted by Crippen LogP contribution is -2.49. The summed E-state index contributed by atoms with van der Waals surface area (Å²) < 4.78 is 1.86. The van der Waals surface area contributed by atoms with Crippen molar-refractivity contribution in [2.45, 2.75) is 44.9 Å². The third kappa shape index (κ3) is 4.00. The Hall–Kier alpha value is -2.15. The molecule has 3 aromatic carbocycles. The lowest BCUT2D eigenvalue weighted by Gasteiger charge is -2.37. The SMILES string of the molecule is CCCC1N(c2ccc(Br)cc2)C(=O)N(c2ccc(Br)cc2)C1(O)c1cccc(CC)c1. The van der Waals surface area contributed by atoms with Gasteiger partial charge in [-0.25, -0.2) is 4.79 Å². The molecule has 3 aromatic rings. The highest BCUT2D eigenvalue weighted by Crippen LogP contribution is 2.46. The van der Waals surface area contributed by atoms with Crippen LogP contribution in [0, 0.1) is 0 Å². The second-order valence-corrected chi connectivity index (χ2v) is 9.86. The van der Waals surface area contributed by atoms with Crippen molar-refractivity contribution in [1.29, 1.82) is 0 Å². The molecular formula is C26H26Br2N2O2. The van der Waals surface area contributed by atoms with E-state index in [1.165, 1.54) is 0 Å². The molecule has 1 fully saturated rings. The topological polar surface area (TPSA) is 43.8 Å². The molecule has 1 aliphatic heterocycles. The molecule has 0 bridgehead atoms. The Labute approximate surface area is 206 Å². The summed E-state index contributed by atoms with van der Waals surface area (Å²) in [6, 6.07) is 22.5. The first-order chi connectivity index (χ1) is 15.4. The largest absolute Gasteiger partial charge is 0.365 e. The van der Waals surface area contributed by atoms with Crippen molar-refractivity contribution in [2.75, 3.05) is 9.80 Å². The predicted molar refractivity (Wildman–Crippen MR) is 137 cm³/mol. The van der Waals surface area contributed by atoms with Crippen molar-refractivity contribution >= 4 is 49.3 Å². The first-order valence-electron chi connectivity index (χ1n) is 10.9. The van der Waals surface area contributed by atoms with E-state index in [9.17, 15) is 9.90 Å². The molecule has 6 heteroatoms. The number of urea groups is 1. The van der Waals surface area contributed by atoms with Gasteiger partial charge in [0.1, 0.15) is 0 Å². The van der Waals surface area contributed by atoms with Crippen LogP contribution in [0.4, 0.5) is 16.2 Å². The number of aryl methyl sites for hydroxylation is 1. The zero-order valence-electron chi connectivity index (χ0n) is 18.1. The number of aliphatic hydroxyl groups is 1. The molecule has 1 aliphatic rings. The van der Waals surface area contributed by atoms with Gasteiger partial charge in [0.2, 0.25) is 0 Å². The lowest BCUT2D eigenvalue weighted by atomic mass is 9.89. The maximum absolute atomic E-state index is 14.0. The van der Waals surface area contributed by atoms with Gasteiger partial charge in [-0.15, -0.1) is 0 Å². The number of amides is 2. The Kier molecular flexibility index (Phi) is 6.75. The standard InChI is InChI=1S/C26H26Br2N2O2/c1-3-6-24-26(32,19-8-5-7-18(4-2)17-19)30(23-15-11-21(28)12-16-23)25(31)29(24)22-13-9-20(27)10-14-22/h5,7-17,24,32H,3-4,6H2,1-2H3. The minimum Gasteiger partial charge on any atom is -0.365 e. The van der Waals surface area contributed by atoms with Gasteiger partial charge in [0.15, 0.2) is 5.72 Å². The van der Waals surface area contributed by atoms with E-state index in [1.54, 1.807) is 9.80 Å². The summed E-state index contributed by atoms with van der Waals surface area (Å²) in [7, 11) is 0. The van der Waals surface area contributed by atoms with Crippen LogP contribution in [-0.4, -0.2) is 17.2 Å². The number of benzene rings is 3. The number of carbonyl (C=O) groups excluding carboxylic acids is 1. The lowest BCUT2D eigenvalue weighted by molar-refractivity contribution is 0.0289. The van der Waals surface area contributed by atoms with Crippen molar-refractivity contribution in [3.05, 3.63) is 92.9 Å². The smallest absolute Gasteiger partial charge is 0.332 e. The molecule has 0 spiro atoms. The van der Waals surface area contributed by atoms with Gasteiger partial charge in [0.05, 0.1) is 6.04 Å². The second-order valence-electron chi connectivity index (χ2n) is 8.03. The third-order valence-electron chi connectivity index (χ3n) is 6.03. The Balaban J connectivity index is 1.94. The molecule has 2 atom stereocenters. The fraction of sp³-hybridized carbons (Fsp3) is 0.269. The fourth-order valence-electron chi connectivity index (χ4n) is 4.45. The first kappa shape index (κ1) is 23.0. The molecule has 0 saturated carbocycles. The molecular weight excluding hydrogens is 532 g/mol. The van der Waals surface area contributed by atoms with E-state index >= 15 is 0 Å². The average Bonchev–Trinajstić information content (AvgIpc) is 3.03. The number of nitrogens with zero attached hydrogens (tertiary/aromatic N) is 2. The summed E-state index contributed by atoms with van der Waals surface area (Å²) in [6.07, 6.45) is 2.33. The molecule has 32 heavy (non-hydrogen) atoms. The van der Waals surface area contributed by atoms with Gasteiger partial charge in [-0.2, -0.15) is 0 Å². The normalized spacial score (nSPS) is 20.8. The van der Waals surface area contributed by atoms with Crippen LogP contribution in [0.15, 0.2) is 81.7 Å². The van der Waals surface area contributed by atoms with E-state index in [-0.39, 0.29) is 6.03 Å². The molecule has 0 radical (unpaired) electrons. The highest BCUT2D eigenvalue weighted by molar-refractivity contribution is 9.10. The zero-order chi connectivity index (χ0) is 22.9. The molecule has 2 amide bonds. The summed E-state index contributed by atoms with van der Waals surface area (Å²) in [4.78, 5) is 17.3. The predicted octanol–water partition coefficient (Wildman–Crippen LogP) is 7.23. The highest BCUT2D eigenvalue weighted by Gasteiger charge is 2.58. The van der Waals surface area contributed by atoms with Crippen LogP contribution < -0.4 is 9.80 Å². The quantitative estimate of drug-likeness (QED) is 0.347. The van der Waals surface area contributed by atoms with Crippen LogP contribution in [0.1, 0.15) is 37.8 Å². The number of anilines is 2. The van der Waals surface area contributed by atoms with Gasteiger partial charge in [0, 0.05) is 25.9 Å². The van der Waals surface area contributed by atoms with E-state index in [2.05, 4.69) is 51.8 Å². The number of hydrogen-bond donors (Lipinski definition) is 1.